The predicted octanol–water partition coefficient (Wildman–Crippen LogP) is 5.98. The van der Waals surface area contributed by atoms with E-state index in [1.165, 1.54) is 5.56 Å². The van der Waals surface area contributed by atoms with Crippen LogP contribution in [0.1, 0.15) is 5.56 Å². The van der Waals surface area contributed by atoms with E-state index in [-0.39, 0.29) is 0 Å². The lowest BCUT2D eigenvalue weighted by molar-refractivity contribution is -0.192. The van der Waals surface area contributed by atoms with Gasteiger partial charge in [-0.15, -0.1) is 0 Å². The number of nitrogens with zero attached hydrogens (tertiary/aromatic N) is 4. The Balaban J connectivity index is 0.000000426. The molecule has 4 aromatic rings. The van der Waals surface area contributed by atoms with E-state index >= 15 is 0 Å². The maximum atomic E-state index is 10.6. The lowest BCUT2D eigenvalue weighted by atomic mass is 10.2. The molecule has 11 heteroatoms. The third-order valence-corrected chi connectivity index (χ3v) is 6.03. The summed E-state index contributed by atoms with van der Waals surface area (Å²) >= 11 is 6.15. The fraction of sp³-hybridized carbons (Fsp3) is 0.222. The van der Waals surface area contributed by atoms with Crippen LogP contribution in [-0.2, 0) is 11.3 Å². The topological polar surface area (TPSA) is 81.6 Å². The van der Waals surface area contributed by atoms with Crippen molar-refractivity contribution in [3.63, 3.8) is 0 Å². The van der Waals surface area contributed by atoms with Crippen LogP contribution in [0, 0.1) is 0 Å². The molecule has 2 heterocycles. The van der Waals surface area contributed by atoms with Gasteiger partial charge in [0.25, 0.3) is 0 Å². The van der Waals surface area contributed by atoms with Gasteiger partial charge < -0.3 is 15.3 Å². The summed E-state index contributed by atoms with van der Waals surface area (Å²) < 4.78 is 31.7. The van der Waals surface area contributed by atoms with Crippen molar-refractivity contribution in [3.8, 4) is 0 Å². The largest absolute Gasteiger partial charge is 0.490 e. The first-order valence-corrected chi connectivity index (χ1v) is 12.2. The second-order valence-corrected chi connectivity index (χ2v) is 9.01. The number of piperazine rings is 1. The number of alkyl halides is 3. The third kappa shape index (κ3) is 7.33. The van der Waals surface area contributed by atoms with Crippen molar-refractivity contribution in [2.75, 3.05) is 36.4 Å². The van der Waals surface area contributed by atoms with Crippen LogP contribution in [0.3, 0.4) is 0 Å². The molecule has 1 saturated heterocycles. The fourth-order valence-corrected chi connectivity index (χ4v) is 4.18. The molecule has 198 valence electrons. The number of carbonyl (C=O) groups is 1. The van der Waals surface area contributed by atoms with Crippen LogP contribution in [0.2, 0.25) is 5.02 Å². The Hall–Kier alpha value is -3.89. The van der Waals surface area contributed by atoms with Crippen molar-refractivity contribution < 1.29 is 23.1 Å². The highest BCUT2D eigenvalue weighted by Crippen LogP contribution is 2.29. The van der Waals surface area contributed by atoms with Crippen LogP contribution in [0.25, 0.3) is 11.0 Å². The number of fused-ring (bicyclic) bond motifs is 1. The molecule has 2 N–H and O–H groups in total. The lowest BCUT2D eigenvalue weighted by Gasteiger charge is -2.36. The first-order chi connectivity index (χ1) is 18.2. The molecule has 0 unspecified atom stereocenters. The second-order valence-electron chi connectivity index (χ2n) is 8.57. The Morgan fingerprint density at radius 2 is 1.50 bits per heavy atom. The lowest BCUT2D eigenvalue weighted by Crippen LogP contribution is -2.46. The van der Waals surface area contributed by atoms with E-state index in [0.29, 0.717) is 0 Å². The number of hydrogen-bond donors (Lipinski definition) is 2. The molecule has 0 bridgehead atoms. The van der Waals surface area contributed by atoms with Gasteiger partial charge in [0.2, 0.25) is 0 Å². The Morgan fingerprint density at radius 1 is 0.895 bits per heavy atom. The minimum absolute atomic E-state index is 0.791. The van der Waals surface area contributed by atoms with E-state index < -0.39 is 12.1 Å². The summed E-state index contributed by atoms with van der Waals surface area (Å²) in [4.78, 5) is 23.6. The van der Waals surface area contributed by atoms with Gasteiger partial charge in [0.05, 0.1) is 11.0 Å². The number of carboxylic acid groups (broad SMARTS) is 1. The third-order valence-electron chi connectivity index (χ3n) is 5.80. The van der Waals surface area contributed by atoms with E-state index in [1.54, 1.807) is 0 Å². The van der Waals surface area contributed by atoms with Crippen molar-refractivity contribution in [2.24, 2.45) is 0 Å². The Bertz CT molecular complexity index is 1380. The van der Waals surface area contributed by atoms with Gasteiger partial charge in [0.15, 0.2) is 11.6 Å². The molecule has 0 amide bonds. The molecule has 1 aromatic heterocycles. The molecule has 1 aliphatic rings. The van der Waals surface area contributed by atoms with Gasteiger partial charge >= 0.3 is 12.1 Å². The van der Waals surface area contributed by atoms with Gasteiger partial charge in [-0.3, -0.25) is 4.90 Å². The van der Waals surface area contributed by atoms with Crippen LogP contribution in [0.15, 0.2) is 78.9 Å². The van der Waals surface area contributed by atoms with E-state index in [2.05, 4.69) is 21.2 Å². The summed E-state index contributed by atoms with van der Waals surface area (Å²) in [6.07, 6.45) is -5.08. The van der Waals surface area contributed by atoms with E-state index in [0.717, 1.165) is 66.1 Å². The number of benzene rings is 3. The van der Waals surface area contributed by atoms with Gasteiger partial charge in [0, 0.05) is 43.4 Å². The molecule has 0 saturated carbocycles. The molecule has 5 rings (SSSR count). The first-order valence-electron chi connectivity index (χ1n) is 11.8. The van der Waals surface area contributed by atoms with Gasteiger partial charge in [-0.1, -0.05) is 54.1 Å². The second kappa shape index (κ2) is 12.1. The minimum Gasteiger partial charge on any atom is -0.475 e. The fourth-order valence-electron chi connectivity index (χ4n) is 3.96. The molecule has 0 radical (unpaired) electrons. The number of carboxylic acids is 1. The van der Waals surface area contributed by atoms with Crippen molar-refractivity contribution >= 4 is 45.9 Å². The summed E-state index contributed by atoms with van der Waals surface area (Å²) in [6, 6.07) is 26.3. The molecule has 7 nitrogen and oxygen atoms in total. The molecule has 1 fully saturated rings. The summed E-state index contributed by atoms with van der Waals surface area (Å²) in [6.45, 7) is 4.64. The summed E-state index contributed by atoms with van der Waals surface area (Å²) in [5.74, 6) is -1.05. The molecule has 0 aliphatic carbocycles. The number of halogens is 4. The zero-order valence-corrected chi connectivity index (χ0v) is 21.0. The number of aliphatic carboxylic acids is 1. The normalized spacial score (nSPS) is 14.1. The SMILES string of the molecule is Clc1cccc(CN2CCN(c3nc4ccccc4nc3Nc3ccccc3)CC2)c1.O=C(O)C(F)(F)F. The quantitative estimate of drug-likeness (QED) is 0.320. The number of hydrogen-bond acceptors (Lipinski definition) is 6. The Morgan fingerprint density at radius 3 is 2.11 bits per heavy atom. The zero-order chi connectivity index (χ0) is 27.1. The monoisotopic (exact) mass is 543 g/mol. The van der Waals surface area contributed by atoms with Gasteiger partial charge in [-0.05, 0) is 42.0 Å². The average molecular weight is 544 g/mol. The number of rotatable bonds is 5. The maximum Gasteiger partial charge on any atom is 0.490 e. The van der Waals surface area contributed by atoms with Crippen molar-refractivity contribution in [1.29, 1.82) is 0 Å². The zero-order valence-electron chi connectivity index (χ0n) is 20.2. The summed E-state index contributed by atoms with van der Waals surface area (Å²) in [7, 11) is 0. The summed E-state index contributed by atoms with van der Waals surface area (Å²) in [5.41, 5.74) is 4.06. The maximum absolute atomic E-state index is 10.6. The van der Waals surface area contributed by atoms with Crippen LogP contribution < -0.4 is 10.2 Å². The number of nitrogens with one attached hydrogen (secondary N) is 1. The molecular formula is C27H25ClF3N5O2. The Kier molecular flexibility index (Phi) is 8.65. The highest BCUT2D eigenvalue weighted by molar-refractivity contribution is 6.30. The van der Waals surface area contributed by atoms with E-state index in [1.807, 2.05) is 72.8 Å². The summed E-state index contributed by atoms with van der Waals surface area (Å²) in [5, 5.41) is 11.4. The standard InChI is InChI=1S/C25H24ClN5.C2HF3O2/c26-20-8-6-7-19(17-20)18-30-13-15-31(16-14-30)25-24(27-21-9-2-1-3-10-21)28-22-11-4-5-12-23(22)29-25;3-2(4,5)1(6)7/h1-12,17H,13-16,18H2,(H,27,28);(H,6,7). The molecular weight excluding hydrogens is 519 g/mol. The predicted molar refractivity (Wildman–Crippen MR) is 142 cm³/mol. The van der Waals surface area contributed by atoms with Gasteiger partial charge in [-0.2, -0.15) is 13.2 Å². The number of para-hydroxylation sites is 3. The Labute approximate surface area is 222 Å². The minimum atomic E-state index is -5.08. The van der Waals surface area contributed by atoms with Crippen LogP contribution >= 0.6 is 11.6 Å². The van der Waals surface area contributed by atoms with Gasteiger partial charge in [0.1, 0.15) is 0 Å². The highest BCUT2D eigenvalue weighted by atomic mass is 35.5. The van der Waals surface area contributed by atoms with Crippen LogP contribution in [-0.4, -0.2) is 58.3 Å². The number of anilines is 3. The van der Waals surface area contributed by atoms with Crippen LogP contribution in [0.4, 0.5) is 30.5 Å². The number of aromatic nitrogens is 2. The van der Waals surface area contributed by atoms with E-state index in [9.17, 15) is 13.2 Å². The highest BCUT2D eigenvalue weighted by Gasteiger charge is 2.38. The molecule has 0 atom stereocenters. The average Bonchev–Trinajstić information content (AvgIpc) is 2.89. The molecule has 1 aliphatic heterocycles. The first kappa shape index (κ1) is 27.2. The molecule has 0 spiro atoms. The molecule has 3 aromatic carbocycles. The van der Waals surface area contributed by atoms with Gasteiger partial charge in [-0.25, -0.2) is 14.8 Å². The smallest absolute Gasteiger partial charge is 0.475 e. The van der Waals surface area contributed by atoms with Crippen LogP contribution in [0.5, 0.6) is 0 Å². The van der Waals surface area contributed by atoms with Crippen molar-refractivity contribution in [3.05, 3.63) is 89.4 Å². The van der Waals surface area contributed by atoms with Crippen molar-refractivity contribution in [1.82, 2.24) is 14.9 Å². The van der Waals surface area contributed by atoms with E-state index in [4.69, 9.17) is 31.5 Å². The molecule has 38 heavy (non-hydrogen) atoms. The van der Waals surface area contributed by atoms with Crippen molar-refractivity contribution in [2.45, 2.75) is 12.7 Å².